The SMILES string of the molecule is CC(C)C[C@H](N)C(=O)N1CCC[C@H]1C(=O)N[C@@H](CC(N)=O)C(=O)N[C@@H](Cc1ccc(O)cc1)C(=O)N[C@@H](CC(N)=O)C(=O)N[C@@H](Cc1c[nH]c2ccccc12)C(=O)N[C@@H](CC(N)=O)C(=O)N[C@@H](CO)C(=O)N[C@@H](Cc1ccccc1)C(=O)NCC(=O)N[C@@H](C)C(=O)N[C@@H](CCCN=C(N)N)C(=O)N[C@@H](Cc1ccccc1)C(N)=O. The number of benzene rings is 4. The molecule has 1 aliphatic heterocycles. The summed E-state index contributed by atoms with van der Waals surface area (Å²) < 4.78 is 0. The second-order valence-electron chi connectivity index (χ2n) is 27.8. The third-order valence-corrected chi connectivity index (χ3v) is 18.2. The molecule has 1 fully saturated rings. The number of likely N-dealkylation sites (tertiary alicyclic amines) is 1. The molecule has 0 spiro atoms. The lowest BCUT2D eigenvalue weighted by molar-refractivity contribution is -0.141. The lowest BCUT2D eigenvalue weighted by Gasteiger charge is -2.29. The Bertz CT molecular complexity index is 4280. The average Bonchev–Trinajstić information content (AvgIpc) is 1.64. The van der Waals surface area contributed by atoms with Crippen LogP contribution in [-0.4, -0.2) is 219 Å². The van der Waals surface area contributed by atoms with E-state index in [-0.39, 0.29) is 68.4 Å². The summed E-state index contributed by atoms with van der Waals surface area (Å²) in [6.07, 6.45) is -1.46. The van der Waals surface area contributed by atoms with Crippen LogP contribution in [0.25, 0.3) is 10.9 Å². The first kappa shape index (κ1) is 89.8. The van der Waals surface area contributed by atoms with Crippen molar-refractivity contribution in [3.63, 3.8) is 0 Å². The van der Waals surface area contributed by atoms with E-state index in [0.717, 1.165) is 0 Å². The van der Waals surface area contributed by atoms with Crippen LogP contribution in [0.2, 0.25) is 0 Å². The first-order valence-electron chi connectivity index (χ1n) is 36.7. The van der Waals surface area contributed by atoms with Crippen LogP contribution in [0, 0.1) is 5.92 Å². The highest BCUT2D eigenvalue weighted by Crippen LogP contribution is 2.23. The Labute approximate surface area is 655 Å². The summed E-state index contributed by atoms with van der Waals surface area (Å²) in [6.45, 7) is 3.21. The monoisotopic (exact) mass is 1580 g/mol. The third-order valence-electron chi connectivity index (χ3n) is 18.2. The standard InChI is InChI=1S/C75H101N21O18/c1-39(2)28-47(76)74(114)96-27-13-21-58(96)73(113)94-56(35-61(79)101)70(110)90-52(31-43-22-24-45(98)25-23-43)67(107)92-54(33-59(77)99)69(109)91-53(32-44-36-84-48-19-11-10-18-46(44)48)68(108)93-55(34-60(78)100)71(111)95-57(38-97)72(112)89-51(30-42-16-8-5-9-17-42)65(105)85-37-62(102)86-40(3)64(104)87-49(20-12-26-83-75(81)82)66(106)88-50(63(80)103)29-41-14-6-4-7-15-41/h4-11,14-19,22-25,36,39-40,47,49-58,84,97-98H,12-13,20-21,26-35,37-38,76H2,1-3H3,(H2,77,99)(H2,78,100)(H2,79,101)(H2,80,103)(H,85,105)(H,86,102)(H,87,104)(H,88,106)(H,89,112)(H,90,110)(H,91,109)(H,92,107)(H,93,108)(H,94,113)(H,95,111)(H4,81,82,83)/t40-,47-,49-,50-,51-,52-,53-,54-,55-,56-,57-,58-/m0/s1. The number of hydrogen-bond acceptors (Lipinski definition) is 20. The maximum absolute atomic E-state index is 14.8. The largest absolute Gasteiger partial charge is 0.508 e. The minimum Gasteiger partial charge on any atom is -0.508 e. The second kappa shape index (κ2) is 44.1. The van der Waals surface area contributed by atoms with Gasteiger partial charge in [-0.15, -0.1) is 0 Å². The Morgan fingerprint density at radius 1 is 0.500 bits per heavy atom. The summed E-state index contributed by atoms with van der Waals surface area (Å²) in [5, 5.41) is 47.9. The van der Waals surface area contributed by atoms with Gasteiger partial charge in [-0.05, 0) is 85.4 Å². The van der Waals surface area contributed by atoms with Crippen molar-refractivity contribution in [3.8, 4) is 5.75 Å². The van der Waals surface area contributed by atoms with Crippen LogP contribution >= 0.6 is 0 Å². The van der Waals surface area contributed by atoms with Crippen molar-refractivity contribution in [3.05, 3.63) is 138 Å². The van der Waals surface area contributed by atoms with Crippen LogP contribution in [0.15, 0.2) is 120 Å². The number of para-hydroxylation sites is 1. The highest BCUT2D eigenvalue weighted by Gasteiger charge is 2.41. The zero-order valence-electron chi connectivity index (χ0n) is 63.2. The number of aliphatic hydroxyl groups is 1. The minimum absolute atomic E-state index is 0.0228. The van der Waals surface area contributed by atoms with E-state index in [1.54, 1.807) is 84.9 Å². The number of fused-ring (bicyclic) bond motifs is 1. The molecular weight excluding hydrogens is 1480 g/mol. The fourth-order valence-corrected chi connectivity index (χ4v) is 12.4. The Balaban J connectivity index is 1.18. The Morgan fingerprint density at radius 2 is 0.939 bits per heavy atom. The number of aromatic nitrogens is 1. The smallest absolute Gasteiger partial charge is 0.245 e. The number of aliphatic hydroxyl groups excluding tert-OH is 1. The Hall–Kier alpha value is -13.1. The first-order valence-corrected chi connectivity index (χ1v) is 36.7. The minimum atomic E-state index is -2.02. The number of amides is 16. The maximum Gasteiger partial charge on any atom is 0.245 e. The van der Waals surface area contributed by atoms with Gasteiger partial charge in [0.2, 0.25) is 94.5 Å². The van der Waals surface area contributed by atoms with Gasteiger partial charge in [-0.2, -0.15) is 0 Å². The fourth-order valence-electron chi connectivity index (χ4n) is 12.4. The van der Waals surface area contributed by atoms with E-state index >= 15 is 0 Å². The lowest BCUT2D eigenvalue weighted by Crippen LogP contribution is -2.62. The number of aliphatic imine (C=N–C) groups is 1. The van der Waals surface area contributed by atoms with E-state index in [1.165, 1.54) is 42.3 Å². The number of nitrogens with zero attached hydrogens (tertiary/aromatic N) is 2. The van der Waals surface area contributed by atoms with Crippen LogP contribution in [0.5, 0.6) is 5.75 Å². The molecule has 2 heterocycles. The molecule has 16 amide bonds. The van der Waals surface area contributed by atoms with E-state index < -0.39 is 212 Å². The zero-order valence-corrected chi connectivity index (χ0v) is 63.2. The third kappa shape index (κ3) is 29.0. The molecule has 39 nitrogen and oxygen atoms in total. The van der Waals surface area contributed by atoms with Gasteiger partial charge in [0.25, 0.3) is 0 Å². The molecule has 0 aliphatic carbocycles. The topological polar surface area (TPSA) is 659 Å². The number of aromatic amines is 1. The summed E-state index contributed by atoms with van der Waals surface area (Å²) in [4.78, 5) is 228. The van der Waals surface area contributed by atoms with E-state index in [1.807, 2.05) is 13.8 Å². The number of carbonyl (C=O) groups excluding carboxylic acids is 16. The number of guanidine groups is 1. The van der Waals surface area contributed by atoms with Gasteiger partial charge in [-0.3, -0.25) is 81.7 Å². The van der Waals surface area contributed by atoms with E-state index in [0.29, 0.717) is 40.4 Å². The predicted molar refractivity (Wildman–Crippen MR) is 412 cm³/mol. The number of rotatable bonds is 45. The lowest BCUT2D eigenvalue weighted by atomic mass is 10.0. The number of aromatic hydroxyl groups is 1. The van der Waals surface area contributed by atoms with Crippen LogP contribution in [0.4, 0.5) is 0 Å². The Kier molecular flexibility index (Phi) is 34.7. The molecule has 1 aliphatic rings. The summed E-state index contributed by atoms with van der Waals surface area (Å²) in [5.74, 6) is -17.1. The van der Waals surface area contributed by atoms with Crippen LogP contribution in [0.1, 0.15) is 94.4 Å². The molecule has 1 saturated heterocycles. The fraction of sp³-hybridized carbons (Fsp3) is 0.427. The number of nitrogens with two attached hydrogens (primary N) is 7. The Morgan fingerprint density at radius 3 is 1.46 bits per heavy atom. The van der Waals surface area contributed by atoms with Crippen molar-refractivity contribution in [1.82, 2.24) is 68.4 Å². The van der Waals surface area contributed by atoms with Crippen LogP contribution in [-0.2, 0) is 102 Å². The maximum atomic E-state index is 14.8. The normalized spacial score (nSPS) is 15.3. The van der Waals surface area contributed by atoms with Gasteiger partial charge >= 0.3 is 0 Å². The molecule has 39 heteroatoms. The molecule has 0 saturated carbocycles. The molecule has 614 valence electrons. The van der Waals surface area contributed by atoms with Crippen LogP contribution < -0.4 is 98.6 Å². The van der Waals surface area contributed by atoms with E-state index in [4.69, 9.17) is 40.1 Å². The molecule has 4 aromatic carbocycles. The van der Waals surface area contributed by atoms with E-state index in [2.05, 4.69) is 68.5 Å². The van der Waals surface area contributed by atoms with Crippen molar-refractivity contribution < 1.29 is 86.9 Å². The van der Waals surface area contributed by atoms with Gasteiger partial charge in [-0.1, -0.05) is 105 Å². The molecule has 1 aromatic heterocycles. The number of phenols is 1. The average molecular weight is 1580 g/mol. The molecule has 0 unspecified atom stereocenters. The van der Waals surface area contributed by atoms with Crippen LogP contribution in [0.3, 0.4) is 0 Å². The summed E-state index contributed by atoms with van der Waals surface area (Å²) in [6, 6.07) is 9.84. The molecule has 12 atom stereocenters. The number of primary amides is 4. The van der Waals surface area contributed by atoms with Gasteiger partial charge in [-0.25, -0.2) is 0 Å². The second-order valence-corrected chi connectivity index (χ2v) is 27.8. The van der Waals surface area contributed by atoms with Gasteiger partial charge in [0.1, 0.15) is 72.2 Å². The summed E-state index contributed by atoms with van der Waals surface area (Å²) in [5.41, 5.74) is 41.9. The predicted octanol–water partition coefficient (Wildman–Crippen LogP) is -6.35. The molecular formula is C75H101N21O18. The summed E-state index contributed by atoms with van der Waals surface area (Å²) >= 11 is 0. The van der Waals surface area contributed by atoms with Crippen molar-refractivity contribution in [2.75, 3.05) is 26.2 Å². The van der Waals surface area contributed by atoms with Gasteiger partial charge in [0.05, 0.1) is 38.5 Å². The van der Waals surface area contributed by atoms with Gasteiger partial charge in [0.15, 0.2) is 5.96 Å². The van der Waals surface area contributed by atoms with Gasteiger partial charge < -0.3 is 119 Å². The molecule has 5 aromatic rings. The summed E-state index contributed by atoms with van der Waals surface area (Å²) in [7, 11) is 0. The highest BCUT2D eigenvalue weighted by atomic mass is 16.3. The van der Waals surface area contributed by atoms with Crippen molar-refractivity contribution >= 4 is 111 Å². The van der Waals surface area contributed by atoms with Crippen molar-refractivity contribution in [1.29, 1.82) is 0 Å². The quantitative estimate of drug-likeness (QED) is 0.00979. The van der Waals surface area contributed by atoms with Crippen molar-refractivity contribution in [2.24, 2.45) is 51.0 Å². The molecule has 28 N–H and O–H groups in total. The molecule has 0 radical (unpaired) electrons. The molecule has 0 bridgehead atoms. The zero-order chi connectivity index (χ0) is 83.9. The number of carbonyl (C=O) groups is 16. The number of hydrogen-bond donors (Lipinski definition) is 21. The number of phenolic OH excluding ortho intramolecular Hbond substituents is 1. The first-order chi connectivity index (χ1) is 54.1. The number of H-pyrrole nitrogens is 1. The highest BCUT2D eigenvalue weighted by molar-refractivity contribution is 6.02. The van der Waals surface area contributed by atoms with E-state index in [9.17, 15) is 86.9 Å². The molecule has 114 heavy (non-hydrogen) atoms. The van der Waals surface area contributed by atoms with Crippen molar-refractivity contribution in [2.45, 2.75) is 170 Å². The molecule has 6 rings (SSSR count). The van der Waals surface area contributed by atoms with Gasteiger partial charge in [0, 0.05) is 55.9 Å². The number of nitrogens with one attached hydrogen (secondary N) is 12.